The van der Waals surface area contributed by atoms with Crippen molar-refractivity contribution in [3.05, 3.63) is 72.2 Å². The molecule has 3 aromatic rings. The first-order chi connectivity index (χ1) is 13.2. The van der Waals surface area contributed by atoms with Crippen LogP contribution < -0.4 is 15.5 Å². The molecule has 3 heterocycles. The Balaban J connectivity index is 1.44. The highest BCUT2D eigenvalue weighted by molar-refractivity contribution is 6.05. The van der Waals surface area contributed by atoms with Gasteiger partial charge in [-0.1, -0.05) is 6.07 Å². The van der Waals surface area contributed by atoms with Crippen LogP contribution in [0, 0.1) is 0 Å². The molecule has 27 heavy (non-hydrogen) atoms. The lowest BCUT2D eigenvalue weighted by Gasteiger charge is -2.15. The number of pyridine rings is 1. The Morgan fingerprint density at radius 3 is 2.81 bits per heavy atom. The predicted molar refractivity (Wildman–Crippen MR) is 101 cm³/mol. The molecule has 0 radical (unpaired) electrons. The summed E-state index contributed by atoms with van der Waals surface area (Å²) in [6, 6.07) is 12.4. The van der Waals surface area contributed by atoms with Gasteiger partial charge in [-0.2, -0.15) is 5.10 Å². The minimum Gasteiger partial charge on any atom is -0.336 e. The number of nitrogens with zero attached hydrogens (tertiary/aromatic N) is 4. The van der Waals surface area contributed by atoms with Gasteiger partial charge < -0.3 is 10.6 Å². The third-order valence-electron chi connectivity index (χ3n) is 4.25. The summed E-state index contributed by atoms with van der Waals surface area (Å²) in [5, 5.41) is 9.91. The minimum atomic E-state index is -0.273. The zero-order valence-corrected chi connectivity index (χ0v) is 14.5. The summed E-state index contributed by atoms with van der Waals surface area (Å²) in [6.07, 6.45) is 5.27. The fraction of sp³-hybridized carbons (Fsp3) is 0.158. The van der Waals surface area contributed by atoms with E-state index < -0.39 is 0 Å². The number of aromatic nitrogens is 3. The smallest absolute Gasteiger partial charge is 0.321 e. The van der Waals surface area contributed by atoms with Crippen LogP contribution in [0.5, 0.6) is 0 Å². The van der Waals surface area contributed by atoms with E-state index >= 15 is 0 Å². The van der Waals surface area contributed by atoms with Crippen molar-refractivity contribution >= 4 is 23.4 Å². The summed E-state index contributed by atoms with van der Waals surface area (Å²) < 4.78 is 1.75. The third kappa shape index (κ3) is 3.79. The number of nitrogens with one attached hydrogen (secondary N) is 2. The van der Waals surface area contributed by atoms with Crippen LogP contribution in [0.4, 0.5) is 16.3 Å². The number of hydrogen-bond acceptors (Lipinski definition) is 4. The van der Waals surface area contributed by atoms with E-state index in [4.69, 9.17) is 0 Å². The molecule has 8 nitrogen and oxygen atoms in total. The Kier molecular flexibility index (Phi) is 4.52. The minimum absolute atomic E-state index is 0.151. The Hall–Kier alpha value is -3.68. The van der Waals surface area contributed by atoms with Gasteiger partial charge in [0.1, 0.15) is 0 Å². The number of benzene rings is 1. The van der Waals surface area contributed by atoms with Crippen LogP contribution in [0.2, 0.25) is 0 Å². The Labute approximate surface area is 155 Å². The molecule has 3 amide bonds. The lowest BCUT2D eigenvalue weighted by Crippen LogP contribution is -2.27. The second kappa shape index (κ2) is 7.28. The molecule has 2 aromatic heterocycles. The first-order valence-electron chi connectivity index (χ1n) is 8.58. The second-order valence-electron chi connectivity index (χ2n) is 6.14. The van der Waals surface area contributed by atoms with E-state index in [0.29, 0.717) is 36.7 Å². The molecule has 0 bridgehead atoms. The monoisotopic (exact) mass is 362 g/mol. The van der Waals surface area contributed by atoms with E-state index in [2.05, 4.69) is 20.7 Å². The number of carbonyl (C=O) groups is 2. The molecule has 1 aliphatic rings. The van der Waals surface area contributed by atoms with E-state index in [-0.39, 0.29) is 11.9 Å². The van der Waals surface area contributed by atoms with Crippen molar-refractivity contribution in [3.8, 4) is 0 Å². The summed E-state index contributed by atoms with van der Waals surface area (Å²) in [5.74, 6) is 0.198. The number of rotatable bonds is 5. The average molecular weight is 362 g/mol. The summed E-state index contributed by atoms with van der Waals surface area (Å²) in [6.45, 7) is 1.78. The molecule has 0 unspecified atom stereocenters. The molecule has 1 aliphatic heterocycles. The third-order valence-corrected chi connectivity index (χ3v) is 4.25. The lowest BCUT2D eigenvalue weighted by molar-refractivity contribution is 0.102. The molecule has 0 spiro atoms. The highest BCUT2D eigenvalue weighted by Crippen LogP contribution is 2.19. The summed E-state index contributed by atoms with van der Waals surface area (Å²) >= 11 is 0. The normalized spacial score (nSPS) is 13.5. The van der Waals surface area contributed by atoms with Crippen LogP contribution in [0.1, 0.15) is 15.9 Å². The maximum atomic E-state index is 12.5. The molecule has 1 saturated heterocycles. The first kappa shape index (κ1) is 16.8. The van der Waals surface area contributed by atoms with Crippen molar-refractivity contribution in [2.75, 3.05) is 23.3 Å². The van der Waals surface area contributed by atoms with Crippen molar-refractivity contribution < 1.29 is 9.59 Å². The van der Waals surface area contributed by atoms with Gasteiger partial charge in [-0.3, -0.25) is 19.4 Å². The van der Waals surface area contributed by atoms with Crippen LogP contribution in [-0.4, -0.2) is 39.8 Å². The summed E-state index contributed by atoms with van der Waals surface area (Å²) in [4.78, 5) is 29.9. The SMILES string of the molecule is O=C(Nc1ccn(Cc2ccncc2)n1)c1cccc(N2CCNC2=O)c1. The van der Waals surface area contributed by atoms with Gasteiger partial charge in [-0.25, -0.2) is 4.79 Å². The van der Waals surface area contributed by atoms with Crippen molar-refractivity contribution in [2.24, 2.45) is 0 Å². The zero-order chi connectivity index (χ0) is 18.6. The van der Waals surface area contributed by atoms with Crippen LogP contribution in [-0.2, 0) is 6.54 Å². The first-order valence-corrected chi connectivity index (χ1v) is 8.58. The van der Waals surface area contributed by atoms with Crippen molar-refractivity contribution in [2.45, 2.75) is 6.54 Å². The standard InChI is InChI=1S/C19H18N6O2/c26-18(15-2-1-3-16(12-15)25-11-9-21-19(25)27)22-17-6-10-24(23-17)13-14-4-7-20-8-5-14/h1-8,10,12H,9,11,13H2,(H,21,27)(H,22,23,26). The van der Waals surface area contributed by atoms with Gasteiger partial charge in [0.05, 0.1) is 6.54 Å². The van der Waals surface area contributed by atoms with Gasteiger partial charge in [0, 0.05) is 49.0 Å². The van der Waals surface area contributed by atoms with E-state index in [0.717, 1.165) is 5.56 Å². The fourth-order valence-electron chi connectivity index (χ4n) is 2.91. The largest absolute Gasteiger partial charge is 0.336 e. The lowest BCUT2D eigenvalue weighted by atomic mass is 10.1. The van der Waals surface area contributed by atoms with Crippen LogP contribution >= 0.6 is 0 Å². The molecule has 2 N–H and O–H groups in total. The number of amides is 3. The molecular formula is C19H18N6O2. The molecule has 4 rings (SSSR count). The number of carbonyl (C=O) groups excluding carboxylic acids is 2. The van der Waals surface area contributed by atoms with Gasteiger partial charge >= 0.3 is 6.03 Å². The van der Waals surface area contributed by atoms with E-state index in [1.807, 2.05) is 18.2 Å². The van der Waals surface area contributed by atoms with Crippen LogP contribution in [0.15, 0.2) is 61.1 Å². The van der Waals surface area contributed by atoms with Crippen LogP contribution in [0.3, 0.4) is 0 Å². The van der Waals surface area contributed by atoms with Crippen LogP contribution in [0.25, 0.3) is 0 Å². The Bertz CT molecular complexity index is 969. The second-order valence-corrected chi connectivity index (χ2v) is 6.14. The molecular weight excluding hydrogens is 344 g/mol. The fourth-order valence-corrected chi connectivity index (χ4v) is 2.91. The van der Waals surface area contributed by atoms with Gasteiger partial charge in [0.15, 0.2) is 5.82 Å². The highest BCUT2D eigenvalue weighted by atomic mass is 16.2. The van der Waals surface area contributed by atoms with E-state index in [1.165, 1.54) is 0 Å². The molecule has 0 saturated carbocycles. The van der Waals surface area contributed by atoms with Gasteiger partial charge in [0.25, 0.3) is 5.91 Å². The highest BCUT2D eigenvalue weighted by Gasteiger charge is 2.21. The molecule has 0 aliphatic carbocycles. The summed E-state index contributed by atoms with van der Waals surface area (Å²) in [7, 11) is 0. The van der Waals surface area contributed by atoms with Gasteiger partial charge in [-0.05, 0) is 35.9 Å². The van der Waals surface area contributed by atoms with Crippen molar-refractivity contribution in [1.82, 2.24) is 20.1 Å². The summed E-state index contributed by atoms with van der Waals surface area (Å²) in [5.41, 5.74) is 2.24. The van der Waals surface area contributed by atoms with E-state index in [9.17, 15) is 9.59 Å². The predicted octanol–water partition coefficient (Wildman–Crippen LogP) is 2.11. The Morgan fingerprint density at radius 1 is 1.19 bits per heavy atom. The van der Waals surface area contributed by atoms with Crippen molar-refractivity contribution in [3.63, 3.8) is 0 Å². The number of anilines is 2. The van der Waals surface area contributed by atoms with Gasteiger partial charge in [0.2, 0.25) is 0 Å². The number of hydrogen-bond donors (Lipinski definition) is 2. The topological polar surface area (TPSA) is 92.2 Å². The maximum absolute atomic E-state index is 12.5. The molecule has 0 atom stereocenters. The Morgan fingerprint density at radius 2 is 2.04 bits per heavy atom. The molecule has 1 fully saturated rings. The van der Waals surface area contributed by atoms with Gasteiger partial charge in [-0.15, -0.1) is 0 Å². The molecule has 1 aromatic carbocycles. The zero-order valence-electron chi connectivity index (χ0n) is 14.5. The molecule has 8 heteroatoms. The molecule has 136 valence electrons. The van der Waals surface area contributed by atoms with Crippen molar-refractivity contribution in [1.29, 1.82) is 0 Å². The maximum Gasteiger partial charge on any atom is 0.321 e. The number of urea groups is 1. The van der Waals surface area contributed by atoms with E-state index in [1.54, 1.807) is 52.4 Å². The average Bonchev–Trinajstić information content (AvgIpc) is 3.31. The quantitative estimate of drug-likeness (QED) is 0.727.